The number of ether oxygens (including phenoxy) is 1. The van der Waals surface area contributed by atoms with Gasteiger partial charge in [-0.05, 0) is 58.6 Å². The van der Waals surface area contributed by atoms with E-state index in [1.807, 2.05) is 52.0 Å². The number of unbranched alkanes of at least 4 members (excludes halogenated alkanes) is 1. The van der Waals surface area contributed by atoms with Crippen molar-refractivity contribution in [3.05, 3.63) is 35.9 Å². The van der Waals surface area contributed by atoms with Crippen LogP contribution in [0.3, 0.4) is 0 Å². The highest BCUT2D eigenvalue weighted by molar-refractivity contribution is 5.74. The van der Waals surface area contributed by atoms with Crippen molar-refractivity contribution in [3.8, 4) is 0 Å². The van der Waals surface area contributed by atoms with E-state index in [-0.39, 0.29) is 5.97 Å². The van der Waals surface area contributed by atoms with Gasteiger partial charge in [-0.2, -0.15) is 0 Å². The first-order valence-corrected chi connectivity index (χ1v) is 7.55. The number of allylic oxidation sites excluding steroid dienone is 2. The summed E-state index contributed by atoms with van der Waals surface area (Å²) in [7, 11) is 0. The highest BCUT2D eigenvalue weighted by Crippen LogP contribution is 2.26. The molecule has 3 nitrogen and oxygen atoms in total. The van der Waals surface area contributed by atoms with Crippen molar-refractivity contribution in [2.75, 3.05) is 5.73 Å². The van der Waals surface area contributed by atoms with Crippen LogP contribution in [-0.2, 0) is 9.53 Å². The molecule has 0 unspecified atom stereocenters. The number of esters is 1. The number of nitrogen functional groups attached to an aromatic ring is 1. The molecule has 0 aliphatic carbocycles. The first kappa shape index (κ1) is 17.3. The smallest absolute Gasteiger partial charge is 0.306 e. The van der Waals surface area contributed by atoms with Crippen molar-refractivity contribution in [1.29, 1.82) is 0 Å². The molecular formula is C18H27NO2. The second-order valence-electron chi connectivity index (χ2n) is 6.19. The van der Waals surface area contributed by atoms with Crippen molar-refractivity contribution in [3.63, 3.8) is 0 Å². The summed E-state index contributed by atoms with van der Waals surface area (Å²) in [5, 5.41) is 0. The van der Waals surface area contributed by atoms with Crippen LogP contribution < -0.4 is 5.73 Å². The van der Waals surface area contributed by atoms with Crippen molar-refractivity contribution in [2.24, 2.45) is 0 Å². The van der Waals surface area contributed by atoms with Gasteiger partial charge in [0.1, 0.15) is 5.60 Å². The highest BCUT2D eigenvalue weighted by atomic mass is 16.6. The highest BCUT2D eigenvalue weighted by Gasteiger charge is 2.15. The van der Waals surface area contributed by atoms with Crippen LogP contribution in [0.25, 0.3) is 5.57 Å². The monoisotopic (exact) mass is 289 g/mol. The summed E-state index contributed by atoms with van der Waals surface area (Å²) in [5.41, 5.74) is 8.74. The summed E-state index contributed by atoms with van der Waals surface area (Å²) in [6.07, 6.45) is 5.28. The zero-order valence-corrected chi connectivity index (χ0v) is 13.6. The number of carbonyl (C=O) groups excluding carboxylic acids is 1. The molecule has 0 bridgehead atoms. The SMILES string of the molecule is CC=C(CCCCC(=O)OC(C)(C)C)c1ccccc1N. The third-order valence-electron chi connectivity index (χ3n) is 3.15. The summed E-state index contributed by atoms with van der Waals surface area (Å²) in [4.78, 5) is 11.6. The minimum Gasteiger partial charge on any atom is -0.460 e. The molecule has 21 heavy (non-hydrogen) atoms. The van der Waals surface area contributed by atoms with Gasteiger partial charge in [-0.15, -0.1) is 0 Å². The molecule has 116 valence electrons. The standard InChI is InChI=1S/C18H27NO2/c1-5-14(15-11-7-8-12-16(15)19)10-6-9-13-17(20)21-18(2,3)4/h5,7-8,11-12H,6,9-10,13,19H2,1-4H3. The Morgan fingerprint density at radius 1 is 1.19 bits per heavy atom. The zero-order valence-electron chi connectivity index (χ0n) is 13.6. The molecule has 0 saturated heterocycles. The van der Waals surface area contributed by atoms with E-state index in [0.717, 1.165) is 30.5 Å². The van der Waals surface area contributed by atoms with E-state index in [9.17, 15) is 4.79 Å². The van der Waals surface area contributed by atoms with Crippen LogP contribution in [0.1, 0.15) is 58.9 Å². The zero-order chi connectivity index (χ0) is 15.9. The van der Waals surface area contributed by atoms with E-state index in [4.69, 9.17) is 10.5 Å². The van der Waals surface area contributed by atoms with E-state index < -0.39 is 5.60 Å². The third-order valence-corrected chi connectivity index (χ3v) is 3.15. The predicted molar refractivity (Wildman–Crippen MR) is 88.8 cm³/mol. The summed E-state index contributed by atoms with van der Waals surface area (Å²) in [6.45, 7) is 7.69. The minimum absolute atomic E-state index is 0.122. The number of nitrogens with two attached hydrogens (primary N) is 1. The van der Waals surface area contributed by atoms with E-state index in [2.05, 4.69) is 6.08 Å². The Kier molecular flexibility index (Phi) is 6.47. The number of benzene rings is 1. The van der Waals surface area contributed by atoms with Gasteiger partial charge >= 0.3 is 5.97 Å². The Bertz CT molecular complexity index is 498. The van der Waals surface area contributed by atoms with Gasteiger partial charge in [0.2, 0.25) is 0 Å². The van der Waals surface area contributed by atoms with Gasteiger partial charge in [-0.3, -0.25) is 4.79 Å². The lowest BCUT2D eigenvalue weighted by Gasteiger charge is -2.19. The average molecular weight is 289 g/mol. The van der Waals surface area contributed by atoms with E-state index in [1.165, 1.54) is 5.57 Å². The number of carbonyl (C=O) groups is 1. The molecule has 0 radical (unpaired) electrons. The molecule has 0 saturated carbocycles. The fraction of sp³-hybridized carbons (Fsp3) is 0.500. The van der Waals surface area contributed by atoms with Crippen molar-refractivity contribution < 1.29 is 9.53 Å². The summed E-state index contributed by atoms with van der Waals surface area (Å²) in [5.74, 6) is -0.122. The van der Waals surface area contributed by atoms with E-state index >= 15 is 0 Å². The van der Waals surface area contributed by atoms with Gasteiger partial charge < -0.3 is 10.5 Å². The quantitative estimate of drug-likeness (QED) is 0.474. The largest absolute Gasteiger partial charge is 0.460 e. The molecule has 0 fully saturated rings. The van der Waals surface area contributed by atoms with E-state index in [0.29, 0.717) is 6.42 Å². The number of para-hydroxylation sites is 1. The van der Waals surface area contributed by atoms with Crippen LogP contribution in [0.4, 0.5) is 5.69 Å². The topological polar surface area (TPSA) is 52.3 Å². The molecule has 0 heterocycles. The lowest BCUT2D eigenvalue weighted by Crippen LogP contribution is -2.23. The molecule has 0 atom stereocenters. The normalized spacial score (nSPS) is 12.3. The second-order valence-corrected chi connectivity index (χ2v) is 6.19. The van der Waals surface area contributed by atoms with Crippen molar-refractivity contribution in [2.45, 2.75) is 59.0 Å². The number of rotatable bonds is 6. The number of hydrogen-bond donors (Lipinski definition) is 1. The molecule has 0 aliphatic heterocycles. The van der Waals surface area contributed by atoms with Crippen molar-refractivity contribution >= 4 is 17.2 Å². The van der Waals surface area contributed by atoms with Gasteiger partial charge in [0.05, 0.1) is 0 Å². The van der Waals surface area contributed by atoms with Crippen LogP contribution in [-0.4, -0.2) is 11.6 Å². The van der Waals surface area contributed by atoms with Crippen LogP contribution in [0.5, 0.6) is 0 Å². The Morgan fingerprint density at radius 2 is 1.81 bits per heavy atom. The first-order chi connectivity index (χ1) is 9.83. The fourth-order valence-electron chi connectivity index (χ4n) is 2.20. The molecule has 1 aromatic carbocycles. The maximum absolute atomic E-state index is 11.6. The molecule has 0 aliphatic rings. The maximum atomic E-state index is 11.6. The number of hydrogen-bond acceptors (Lipinski definition) is 3. The summed E-state index contributed by atoms with van der Waals surface area (Å²) < 4.78 is 5.30. The Balaban J connectivity index is 2.41. The van der Waals surface area contributed by atoms with Crippen LogP contribution in [0.2, 0.25) is 0 Å². The lowest BCUT2D eigenvalue weighted by molar-refractivity contribution is -0.154. The van der Waals surface area contributed by atoms with Crippen LogP contribution in [0, 0.1) is 0 Å². The van der Waals surface area contributed by atoms with Crippen molar-refractivity contribution in [1.82, 2.24) is 0 Å². The van der Waals surface area contributed by atoms with Crippen LogP contribution >= 0.6 is 0 Å². The molecular weight excluding hydrogens is 262 g/mol. The predicted octanol–water partition coefficient (Wildman–Crippen LogP) is 4.57. The molecule has 2 N–H and O–H groups in total. The van der Waals surface area contributed by atoms with Gasteiger partial charge in [0.25, 0.3) is 0 Å². The molecule has 0 amide bonds. The van der Waals surface area contributed by atoms with Crippen LogP contribution in [0.15, 0.2) is 30.3 Å². The summed E-state index contributed by atoms with van der Waals surface area (Å²) >= 11 is 0. The Morgan fingerprint density at radius 3 is 2.38 bits per heavy atom. The Labute approximate surface area is 128 Å². The first-order valence-electron chi connectivity index (χ1n) is 7.55. The second kappa shape index (κ2) is 7.87. The molecule has 3 heteroatoms. The fourth-order valence-corrected chi connectivity index (χ4v) is 2.20. The van der Waals surface area contributed by atoms with E-state index in [1.54, 1.807) is 0 Å². The Hall–Kier alpha value is -1.77. The summed E-state index contributed by atoms with van der Waals surface area (Å²) in [6, 6.07) is 7.89. The van der Waals surface area contributed by atoms with Gasteiger partial charge in [0.15, 0.2) is 0 Å². The molecule has 1 aromatic rings. The van der Waals surface area contributed by atoms with Gasteiger partial charge in [-0.1, -0.05) is 24.3 Å². The van der Waals surface area contributed by atoms with Gasteiger partial charge in [-0.25, -0.2) is 0 Å². The minimum atomic E-state index is -0.399. The lowest BCUT2D eigenvalue weighted by atomic mass is 9.98. The number of anilines is 1. The molecule has 0 spiro atoms. The molecule has 0 aromatic heterocycles. The third kappa shape index (κ3) is 6.48. The van der Waals surface area contributed by atoms with Gasteiger partial charge in [0, 0.05) is 17.7 Å². The average Bonchev–Trinajstić information content (AvgIpc) is 2.38. The molecule has 1 rings (SSSR count). The maximum Gasteiger partial charge on any atom is 0.306 e.